The molecule has 0 aliphatic carbocycles. The Labute approximate surface area is 190 Å². The average molecular weight is 461 g/mol. The third kappa shape index (κ3) is 3.47. The van der Waals surface area contributed by atoms with Gasteiger partial charge in [0, 0.05) is 23.1 Å². The van der Waals surface area contributed by atoms with Gasteiger partial charge in [-0.15, -0.1) is 5.10 Å². The van der Waals surface area contributed by atoms with Gasteiger partial charge < -0.3 is 4.57 Å². The number of sulfone groups is 1. The number of halogens is 1. The van der Waals surface area contributed by atoms with E-state index in [1.807, 2.05) is 23.6 Å². The van der Waals surface area contributed by atoms with Crippen molar-refractivity contribution in [1.29, 1.82) is 0 Å². The maximum atomic E-state index is 15.1. The molecule has 0 fully saturated rings. The van der Waals surface area contributed by atoms with Crippen molar-refractivity contribution in [3.05, 3.63) is 72.9 Å². The number of rotatable bonds is 5. The van der Waals surface area contributed by atoms with Crippen molar-refractivity contribution in [1.82, 2.24) is 19.7 Å². The van der Waals surface area contributed by atoms with Crippen LogP contribution in [-0.4, -0.2) is 33.9 Å². The Morgan fingerprint density at radius 1 is 0.939 bits per heavy atom. The predicted octanol–water partition coefficient (Wildman–Crippen LogP) is 5.27. The van der Waals surface area contributed by atoms with Gasteiger partial charge in [0.15, 0.2) is 15.5 Å². The molecule has 0 radical (unpaired) electrons. The summed E-state index contributed by atoms with van der Waals surface area (Å²) in [5.74, 6) is -0.400. The molecular formula is C25H21FN4O2S. The second-order valence-corrected chi connectivity index (χ2v) is 9.96. The van der Waals surface area contributed by atoms with Crippen molar-refractivity contribution < 1.29 is 12.8 Å². The van der Waals surface area contributed by atoms with Gasteiger partial charge >= 0.3 is 0 Å². The third-order valence-electron chi connectivity index (χ3n) is 5.91. The molecule has 0 aliphatic rings. The SMILES string of the molecule is CCn1cnc2c(-c3ccc(F)c(-c4ccc(S(=O)(=O)CC)c5ccccc45)c3)cnnc21. The molecule has 5 aromatic rings. The normalized spacial score (nSPS) is 12.0. The number of benzene rings is 3. The van der Waals surface area contributed by atoms with Gasteiger partial charge in [-0.25, -0.2) is 17.8 Å². The van der Waals surface area contributed by atoms with Gasteiger partial charge in [-0.1, -0.05) is 43.3 Å². The highest BCUT2D eigenvalue weighted by Gasteiger charge is 2.19. The molecule has 0 atom stereocenters. The molecule has 8 heteroatoms. The fourth-order valence-electron chi connectivity index (χ4n) is 4.15. The van der Waals surface area contributed by atoms with E-state index in [0.717, 1.165) is 11.1 Å². The highest BCUT2D eigenvalue weighted by Crippen LogP contribution is 2.37. The molecule has 0 spiro atoms. The van der Waals surface area contributed by atoms with Gasteiger partial charge in [0.1, 0.15) is 11.3 Å². The van der Waals surface area contributed by atoms with Gasteiger partial charge in [-0.2, -0.15) is 5.10 Å². The van der Waals surface area contributed by atoms with E-state index in [2.05, 4.69) is 15.2 Å². The van der Waals surface area contributed by atoms with Gasteiger partial charge in [-0.3, -0.25) is 0 Å². The van der Waals surface area contributed by atoms with Crippen molar-refractivity contribution >= 4 is 31.8 Å². The Hall–Kier alpha value is -3.65. The van der Waals surface area contributed by atoms with E-state index in [9.17, 15) is 8.42 Å². The number of nitrogens with zero attached hydrogens (tertiary/aromatic N) is 4. The molecule has 0 amide bonds. The highest BCUT2D eigenvalue weighted by molar-refractivity contribution is 7.91. The molecule has 166 valence electrons. The summed E-state index contributed by atoms with van der Waals surface area (Å²) in [5, 5.41) is 9.58. The Balaban J connectivity index is 1.74. The molecule has 0 N–H and O–H groups in total. The topological polar surface area (TPSA) is 77.7 Å². The van der Waals surface area contributed by atoms with Crippen LogP contribution in [0.25, 0.3) is 44.2 Å². The minimum absolute atomic E-state index is 0.00433. The average Bonchev–Trinajstić information content (AvgIpc) is 3.27. The van der Waals surface area contributed by atoms with Crippen LogP contribution in [0.5, 0.6) is 0 Å². The van der Waals surface area contributed by atoms with E-state index < -0.39 is 15.7 Å². The largest absolute Gasteiger partial charge is 0.314 e. The third-order valence-corrected chi connectivity index (χ3v) is 7.70. The molecule has 6 nitrogen and oxygen atoms in total. The maximum absolute atomic E-state index is 15.1. The van der Waals surface area contributed by atoms with E-state index in [1.54, 1.807) is 55.8 Å². The Bertz CT molecular complexity index is 1630. The van der Waals surface area contributed by atoms with Gasteiger partial charge in [-0.05, 0) is 41.6 Å². The van der Waals surface area contributed by atoms with Crippen LogP contribution in [-0.2, 0) is 16.4 Å². The number of hydrogen-bond acceptors (Lipinski definition) is 5. The monoisotopic (exact) mass is 460 g/mol. The first-order chi connectivity index (χ1) is 15.9. The lowest BCUT2D eigenvalue weighted by Crippen LogP contribution is -2.04. The lowest BCUT2D eigenvalue weighted by molar-refractivity contribution is 0.598. The molecule has 33 heavy (non-hydrogen) atoms. The summed E-state index contributed by atoms with van der Waals surface area (Å²) in [6, 6.07) is 15.3. The predicted molar refractivity (Wildman–Crippen MR) is 127 cm³/mol. The molecule has 0 aliphatic heterocycles. The second kappa shape index (κ2) is 8.04. The number of aromatic nitrogens is 4. The zero-order valence-electron chi connectivity index (χ0n) is 18.2. The minimum atomic E-state index is -3.43. The first-order valence-corrected chi connectivity index (χ1v) is 12.3. The minimum Gasteiger partial charge on any atom is -0.314 e. The Morgan fingerprint density at radius 2 is 1.73 bits per heavy atom. The fraction of sp³-hybridized carbons (Fsp3) is 0.160. The zero-order valence-corrected chi connectivity index (χ0v) is 19.0. The van der Waals surface area contributed by atoms with E-state index in [1.165, 1.54) is 6.07 Å². The molecule has 3 aromatic carbocycles. The van der Waals surface area contributed by atoms with Crippen LogP contribution in [0.1, 0.15) is 13.8 Å². The number of hydrogen-bond donors (Lipinski definition) is 0. The summed E-state index contributed by atoms with van der Waals surface area (Å²) in [5.41, 5.74) is 3.87. The summed E-state index contributed by atoms with van der Waals surface area (Å²) in [6.45, 7) is 4.33. The summed E-state index contributed by atoms with van der Waals surface area (Å²) in [7, 11) is -3.43. The van der Waals surface area contributed by atoms with Crippen LogP contribution in [0.15, 0.2) is 72.0 Å². The van der Waals surface area contributed by atoms with Crippen LogP contribution in [0, 0.1) is 5.82 Å². The zero-order chi connectivity index (χ0) is 23.2. The van der Waals surface area contributed by atoms with Gasteiger partial charge in [0.2, 0.25) is 0 Å². The quantitative estimate of drug-likeness (QED) is 0.357. The molecule has 0 unspecified atom stereocenters. The molecule has 2 aromatic heterocycles. The van der Waals surface area contributed by atoms with Crippen LogP contribution < -0.4 is 0 Å². The Morgan fingerprint density at radius 3 is 2.48 bits per heavy atom. The standard InChI is InChI=1S/C25H21FN4O2S/c1-3-30-15-27-24-21(14-28-29-25(24)30)16-9-11-22(26)20(13-16)18-10-12-23(33(31,32)4-2)19-8-6-5-7-17(18)19/h5-15H,3-4H2,1-2H3. The van der Waals surface area contributed by atoms with Crippen LogP contribution in [0.3, 0.4) is 0 Å². The lowest BCUT2D eigenvalue weighted by atomic mass is 9.95. The maximum Gasteiger partial charge on any atom is 0.183 e. The molecule has 2 heterocycles. The van der Waals surface area contributed by atoms with Gasteiger partial charge in [0.05, 0.1) is 23.2 Å². The Kier molecular flexibility index (Phi) is 5.17. The summed E-state index contributed by atoms with van der Waals surface area (Å²) in [6.07, 6.45) is 3.34. The fourth-order valence-corrected chi connectivity index (χ4v) is 5.25. The van der Waals surface area contributed by atoms with Gasteiger partial charge in [0.25, 0.3) is 0 Å². The van der Waals surface area contributed by atoms with E-state index >= 15 is 4.39 Å². The van der Waals surface area contributed by atoms with Crippen molar-refractivity contribution in [2.75, 3.05) is 5.75 Å². The molecular weight excluding hydrogens is 439 g/mol. The van der Waals surface area contributed by atoms with Crippen molar-refractivity contribution in [2.45, 2.75) is 25.3 Å². The van der Waals surface area contributed by atoms with E-state index in [0.29, 0.717) is 39.6 Å². The lowest BCUT2D eigenvalue weighted by Gasteiger charge is -2.13. The molecule has 0 bridgehead atoms. The second-order valence-electron chi connectivity index (χ2n) is 7.72. The number of aryl methyl sites for hydroxylation is 1. The van der Waals surface area contributed by atoms with Crippen LogP contribution in [0.2, 0.25) is 0 Å². The smallest absolute Gasteiger partial charge is 0.183 e. The van der Waals surface area contributed by atoms with Crippen molar-refractivity contribution in [3.63, 3.8) is 0 Å². The number of imidazole rings is 1. The summed E-state index contributed by atoms with van der Waals surface area (Å²) < 4.78 is 42.3. The van der Waals surface area contributed by atoms with Crippen LogP contribution >= 0.6 is 0 Å². The van der Waals surface area contributed by atoms with Crippen LogP contribution in [0.4, 0.5) is 4.39 Å². The van der Waals surface area contributed by atoms with E-state index in [-0.39, 0.29) is 10.6 Å². The highest BCUT2D eigenvalue weighted by atomic mass is 32.2. The molecule has 5 rings (SSSR count). The van der Waals surface area contributed by atoms with E-state index in [4.69, 9.17) is 0 Å². The molecule has 0 saturated heterocycles. The first-order valence-electron chi connectivity index (χ1n) is 10.7. The summed E-state index contributed by atoms with van der Waals surface area (Å²) >= 11 is 0. The van der Waals surface area contributed by atoms with Crippen molar-refractivity contribution in [2.24, 2.45) is 0 Å². The first kappa shape index (κ1) is 21.2. The summed E-state index contributed by atoms with van der Waals surface area (Å²) in [4.78, 5) is 4.74. The number of fused-ring (bicyclic) bond motifs is 2. The molecule has 0 saturated carbocycles. The van der Waals surface area contributed by atoms with Crippen molar-refractivity contribution in [3.8, 4) is 22.3 Å².